The van der Waals surface area contributed by atoms with Crippen LogP contribution >= 0.6 is 0 Å². The van der Waals surface area contributed by atoms with E-state index in [4.69, 9.17) is 0 Å². The normalized spacial score (nSPS) is 17.5. The van der Waals surface area contributed by atoms with E-state index in [1.807, 2.05) is 0 Å². The number of likely N-dealkylation sites (N-methyl/N-ethyl adjacent to an activating group) is 2. The largest absolute Gasteiger partial charge is 0.507 e. The number of nitrogens with one attached hydrogen (secondary N) is 3. The van der Waals surface area contributed by atoms with Gasteiger partial charge in [0.2, 0.25) is 29.5 Å². The number of rotatable bonds is 27. The highest BCUT2D eigenvalue weighted by Crippen LogP contribution is 2.39. The molecule has 16 nitrogen and oxygen atoms in total. The number of phenols is 2. The van der Waals surface area contributed by atoms with Gasteiger partial charge in [-0.1, -0.05) is 110 Å². The zero-order valence-corrected chi connectivity index (χ0v) is 41.3. The molecule has 0 saturated heterocycles. The number of nitrogens with zero attached hydrogens (tertiary/aromatic N) is 2. The van der Waals surface area contributed by atoms with Crippen LogP contribution in [0.4, 0.5) is 0 Å². The molecular formula is C52H79N5O11. The number of carbonyl (C=O) groups excluding carboxylic acids is 7. The lowest BCUT2D eigenvalue weighted by Gasteiger charge is -2.30. The van der Waals surface area contributed by atoms with Crippen molar-refractivity contribution in [3.05, 3.63) is 47.5 Å². The van der Waals surface area contributed by atoms with Gasteiger partial charge >= 0.3 is 0 Å². The third-order valence-corrected chi connectivity index (χ3v) is 13.1. The minimum atomic E-state index is -1.32. The Kier molecular flexibility index (Phi) is 24.7. The standard InChI is InChI=1S/C52H79N5O11/c1-7-9-10-11-12-13-14-15-16-17-18-19-20-21-47(64)56(5)42(33-59)52(68)53-35(4)43(60)26-27-48(65)57(6)49-37-23-25-45(62)40(31-37)39-29-36(22-24-44(39)61)30-41(51(67)54-38(8-2)32-58)55-50(66)34(3)28-46(49)63/h22-25,29,31,34-35,38,41-42,49,58-59,61-62H,7-21,26-28,30,32-33H2,1-6H3,(H,53,68)(H,54,67)(H,55,66)/t34-,35-,38?,41+,42-,49+/m1/s1. The van der Waals surface area contributed by atoms with Crippen LogP contribution in [0.2, 0.25) is 0 Å². The van der Waals surface area contributed by atoms with Crippen molar-refractivity contribution in [3.63, 3.8) is 0 Å². The molecule has 378 valence electrons. The number of aromatic hydroxyl groups is 2. The summed E-state index contributed by atoms with van der Waals surface area (Å²) in [4.78, 5) is 97.1. The molecule has 0 saturated carbocycles. The Morgan fingerprint density at radius 3 is 1.87 bits per heavy atom. The quantitative estimate of drug-likeness (QED) is 0.0517. The summed E-state index contributed by atoms with van der Waals surface area (Å²) in [6.07, 6.45) is 14.8. The molecule has 6 atom stereocenters. The molecule has 1 heterocycles. The SMILES string of the molecule is CCCCCCCCCCCCCCCC(=O)N(C)[C@H](CO)C(=O)N[C@H](C)C(=O)CCC(=O)N(C)[C@@H]1C(=O)C[C@@H](C)C(=O)N[C@H](C(=O)NC(CC)CO)Cc2ccc(O)c(c2)-c2cc1ccc2O. The average Bonchev–Trinajstić information content (AvgIpc) is 3.31. The average molecular weight is 950 g/mol. The van der Waals surface area contributed by atoms with Crippen molar-refractivity contribution in [2.24, 2.45) is 5.92 Å². The smallest absolute Gasteiger partial charge is 0.245 e. The molecule has 0 fully saturated rings. The number of phenolic OH excluding ortho intramolecular Hbond substituents is 2. The number of ketones is 2. The highest BCUT2D eigenvalue weighted by molar-refractivity contribution is 5.97. The van der Waals surface area contributed by atoms with Crippen molar-refractivity contribution in [2.75, 3.05) is 27.3 Å². The van der Waals surface area contributed by atoms with Crippen molar-refractivity contribution >= 4 is 41.1 Å². The van der Waals surface area contributed by atoms with Gasteiger partial charge in [-0.3, -0.25) is 33.6 Å². The molecular weight excluding hydrogens is 871 g/mol. The third kappa shape index (κ3) is 17.6. The second-order valence-corrected chi connectivity index (χ2v) is 18.6. The molecule has 1 aliphatic rings. The van der Waals surface area contributed by atoms with Gasteiger partial charge in [-0.05, 0) is 55.2 Å². The van der Waals surface area contributed by atoms with Crippen LogP contribution in [0.15, 0.2) is 36.4 Å². The number of benzene rings is 2. The van der Waals surface area contributed by atoms with Gasteiger partial charge in [0, 0.05) is 63.2 Å². The van der Waals surface area contributed by atoms with Crippen molar-refractivity contribution in [2.45, 2.75) is 180 Å². The van der Waals surface area contributed by atoms with Crippen LogP contribution in [0.3, 0.4) is 0 Å². The Hall–Kier alpha value is -5.35. The molecule has 1 unspecified atom stereocenters. The van der Waals surface area contributed by atoms with Crippen LogP contribution in [-0.4, -0.2) is 123 Å². The second kappa shape index (κ2) is 29.5. The lowest BCUT2D eigenvalue weighted by molar-refractivity contribution is -0.142. The van der Waals surface area contributed by atoms with Crippen molar-refractivity contribution in [3.8, 4) is 22.6 Å². The van der Waals surface area contributed by atoms with E-state index in [1.54, 1.807) is 19.1 Å². The summed E-state index contributed by atoms with van der Waals surface area (Å²) in [5.74, 6) is -5.31. The van der Waals surface area contributed by atoms with Gasteiger partial charge in [-0.15, -0.1) is 0 Å². The first-order valence-electron chi connectivity index (χ1n) is 24.8. The molecule has 0 aromatic heterocycles. The first-order chi connectivity index (χ1) is 32.5. The van der Waals surface area contributed by atoms with Gasteiger partial charge in [0.25, 0.3) is 0 Å². The van der Waals surface area contributed by atoms with E-state index < -0.39 is 77.9 Å². The molecule has 5 amide bonds. The minimum Gasteiger partial charge on any atom is -0.507 e. The number of aliphatic hydroxyl groups excluding tert-OH is 2. The van der Waals surface area contributed by atoms with Crippen LogP contribution in [-0.2, 0) is 40.0 Å². The van der Waals surface area contributed by atoms with Gasteiger partial charge in [0.05, 0.1) is 25.3 Å². The van der Waals surface area contributed by atoms with Gasteiger partial charge in [-0.2, -0.15) is 0 Å². The van der Waals surface area contributed by atoms with E-state index in [2.05, 4.69) is 22.9 Å². The van der Waals surface area contributed by atoms with E-state index in [0.717, 1.165) is 24.2 Å². The predicted octanol–water partition coefficient (Wildman–Crippen LogP) is 5.94. The molecule has 0 spiro atoms. The monoisotopic (exact) mass is 950 g/mol. The Labute approximate surface area is 403 Å². The third-order valence-electron chi connectivity index (χ3n) is 13.1. The molecule has 68 heavy (non-hydrogen) atoms. The molecule has 2 aromatic carbocycles. The summed E-state index contributed by atoms with van der Waals surface area (Å²) >= 11 is 0. The van der Waals surface area contributed by atoms with Crippen molar-refractivity contribution in [1.29, 1.82) is 0 Å². The van der Waals surface area contributed by atoms with E-state index in [9.17, 15) is 54.0 Å². The zero-order valence-electron chi connectivity index (χ0n) is 41.3. The summed E-state index contributed by atoms with van der Waals surface area (Å²) in [6.45, 7) is 5.98. The van der Waals surface area contributed by atoms with Crippen LogP contribution < -0.4 is 16.0 Å². The van der Waals surface area contributed by atoms with Crippen LogP contribution in [0.25, 0.3) is 11.1 Å². The molecule has 2 aromatic rings. The number of aliphatic hydroxyl groups is 2. The Balaban J connectivity index is 1.65. The van der Waals surface area contributed by atoms with Crippen LogP contribution in [0.1, 0.15) is 160 Å². The minimum absolute atomic E-state index is 0.0208. The van der Waals surface area contributed by atoms with Crippen LogP contribution in [0, 0.1) is 5.92 Å². The fraction of sp³-hybridized carbons (Fsp3) is 0.635. The number of unbranched alkanes of at least 4 members (excludes halogenated alkanes) is 12. The number of Topliss-reactive ketones (excluding diaryl/α,β-unsaturated/α-hetero) is 2. The van der Waals surface area contributed by atoms with Gasteiger partial charge in [0.15, 0.2) is 11.6 Å². The maximum atomic E-state index is 14.2. The number of hydrogen-bond donors (Lipinski definition) is 7. The molecule has 7 N–H and O–H groups in total. The molecule has 1 aliphatic heterocycles. The summed E-state index contributed by atoms with van der Waals surface area (Å²) in [5, 5.41) is 49.9. The van der Waals surface area contributed by atoms with Gasteiger partial charge in [0.1, 0.15) is 29.6 Å². The predicted molar refractivity (Wildman–Crippen MR) is 260 cm³/mol. The number of carbonyl (C=O) groups is 7. The molecule has 16 heteroatoms. The summed E-state index contributed by atoms with van der Waals surface area (Å²) in [6, 6.07) is 3.43. The van der Waals surface area contributed by atoms with Gasteiger partial charge < -0.3 is 46.2 Å². The zero-order chi connectivity index (χ0) is 50.3. The number of fused-ring (bicyclic) bond motifs is 5. The first-order valence-corrected chi connectivity index (χ1v) is 24.8. The summed E-state index contributed by atoms with van der Waals surface area (Å²) in [5.41, 5.74) is 1.08. The summed E-state index contributed by atoms with van der Waals surface area (Å²) < 4.78 is 0. The van der Waals surface area contributed by atoms with Crippen LogP contribution in [0.5, 0.6) is 11.5 Å². The molecule has 0 radical (unpaired) electrons. The molecule has 0 aliphatic carbocycles. The Morgan fingerprint density at radius 2 is 1.29 bits per heavy atom. The number of amides is 5. The lowest BCUT2D eigenvalue weighted by atomic mass is 9.89. The van der Waals surface area contributed by atoms with Crippen molar-refractivity contribution in [1.82, 2.24) is 25.8 Å². The number of hydrogen-bond acceptors (Lipinski definition) is 11. The van der Waals surface area contributed by atoms with Crippen molar-refractivity contribution < 1.29 is 54.0 Å². The van der Waals surface area contributed by atoms with E-state index >= 15 is 0 Å². The maximum Gasteiger partial charge on any atom is 0.245 e. The second-order valence-electron chi connectivity index (χ2n) is 18.6. The highest BCUT2D eigenvalue weighted by Gasteiger charge is 2.34. The maximum absolute atomic E-state index is 14.2. The molecule has 4 bridgehead atoms. The van der Waals surface area contributed by atoms with E-state index in [1.165, 1.54) is 115 Å². The highest BCUT2D eigenvalue weighted by atomic mass is 16.3. The summed E-state index contributed by atoms with van der Waals surface area (Å²) in [7, 11) is 2.82. The molecule has 3 rings (SSSR count). The Bertz CT molecular complexity index is 1990. The lowest BCUT2D eigenvalue weighted by Crippen LogP contribution is -2.53. The van der Waals surface area contributed by atoms with Gasteiger partial charge in [-0.25, -0.2) is 0 Å². The fourth-order valence-corrected chi connectivity index (χ4v) is 8.52. The van der Waals surface area contributed by atoms with E-state index in [0.29, 0.717) is 18.4 Å². The topological polar surface area (TPSA) is 243 Å². The first kappa shape index (κ1) is 57.0. The Morgan fingerprint density at radius 1 is 0.721 bits per heavy atom. The fourth-order valence-electron chi connectivity index (χ4n) is 8.52. The van der Waals surface area contributed by atoms with E-state index in [-0.39, 0.29) is 72.8 Å².